The van der Waals surface area contributed by atoms with Gasteiger partial charge in [0.25, 0.3) is 5.56 Å². The van der Waals surface area contributed by atoms with Gasteiger partial charge in [-0.15, -0.1) is 0 Å². The Hall–Kier alpha value is -2.08. The van der Waals surface area contributed by atoms with Gasteiger partial charge in [-0.05, 0) is 24.3 Å². The second-order valence-electron chi connectivity index (χ2n) is 3.53. The number of carboxylic acids is 1. The lowest BCUT2D eigenvalue weighted by atomic mass is 10.3. The quantitative estimate of drug-likeness (QED) is 0.894. The Kier molecular flexibility index (Phi) is 3.78. The first kappa shape index (κ1) is 12.4. The molecule has 1 aromatic heterocycles. The van der Waals surface area contributed by atoms with E-state index in [1.165, 1.54) is 17.6 Å². The summed E-state index contributed by atoms with van der Waals surface area (Å²) in [6.45, 7) is 0.133. The smallest absolute Gasteiger partial charge is 0.306 e. The van der Waals surface area contributed by atoms with E-state index in [-0.39, 0.29) is 18.6 Å². The highest BCUT2D eigenvalue weighted by molar-refractivity contribution is 7.04. The average Bonchev–Trinajstić information content (AvgIpc) is 2.76. The molecule has 0 bridgehead atoms. The minimum Gasteiger partial charge on any atom is -0.493 e. The van der Waals surface area contributed by atoms with Gasteiger partial charge >= 0.3 is 5.97 Å². The molecule has 5 nitrogen and oxygen atoms in total. The third-order valence-electron chi connectivity index (χ3n) is 2.23. The van der Waals surface area contributed by atoms with Crippen molar-refractivity contribution in [2.24, 2.45) is 0 Å². The molecule has 0 unspecified atom stereocenters. The molecule has 1 heterocycles. The molecule has 0 radical (unpaired) electrons. The summed E-state index contributed by atoms with van der Waals surface area (Å²) >= 11 is 1.32. The maximum absolute atomic E-state index is 11.4. The van der Waals surface area contributed by atoms with E-state index in [0.717, 1.165) is 5.69 Å². The Labute approximate surface area is 107 Å². The van der Waals surface area contributed by atoms with Gasteiger partial charge in [-0.3, -0.25) is 9.59 Å². The second-order valence-corrected chi connectivity index (χ2v) is 4.38. The van der Waals surface area contributed by atoms with Crippen LogP contribution >= 0.6 is 11.5 Å². The molecule has 0 aliphatic heterocycles. The van der Waals surface area contributed by atoms with Crippen molar-refractivity contribution < 1.29 is 14.6 Å². The minimum atomic E-state index is -0.892. The molecular weight excluding hydrogens is 254 g/mol. The zero-order chi connectivity index (χ0) is 13.0. The van der Waals surface area contributed by atoms with E-state index in [4.69, 9.17) is 9.84 Å². The predicted molar refractivity (Wildman–Crippen MR) is 67.7 cm³/mol. The monoisotopic (exact) mass is 265 g/mol. The molecule has 94 valence electrons. The van der Waals surface area contributed by atoms with Crippen LogP contribution in [0.1, 0.15) is 6.42 Å². The van der Waals surface area contributed by atoms with Crippen molar-refractivity contribution in [2.45, 2.75) is 6.42 Å². The number of nitrogens with zero attached hydrogens (tertiary/aromatic N) is 1. The van der Waals surface area contributed by atoms with Gasteiger partial charge in [0.05, 0.1) is 18.7 Å². The number of ether oxygens (including phenoxy) is 1. The fourth-order valence-corrected chi connectivity index (χ4v) is 2.10. The molecule has 0 atom stereocenters. The lowest BCUT2D eigenvalue weighted by Gasteiger charge is -2.05. The molecule has 0 amide bonds. The average molecular weight is 265 g/mol. The zero-order valence-corrected chi connectivity index (χ0v) is 10.2. The molecule has 6 heteroatoms. The van der Waals surface area contributed by atoms with Crippen molar-refractivity contribution in [1.29, 1.82) is 0 Å². The van der Waals surface area contributed by atoms with Crippen LogP contribution < -0.4 is 10.3 Å². The molecule has 2 rings (SSSR count). The Morgan fingerprint density at radius 2 is 2.00 bits per heavy atom. The molecule has 0 saturated carbocycles. The number of hydrogen-bond acceptors (Lipinski definition) is 4. The van der Waals surface area contributed by atoms with Crippen molar-refractivity contribution in [1.82, 2.24) is 3.96 Å². The molecule has 2 aromatic rings. The molecule has 0 saturated heterocycles. The largest absolute Gasteiger partial charge is 0.493 e. The first-order chi connectivity index (χ1) is 8.66. The van der Waals surface area contributed by atoms with Crippen LogP contribution in [-0.4, -0.2) is 21.6 Å². The lowest BCUT2D eigenvalue weighted by Crippen LogP contribution is -2.09. The summed E-state index contributed by atoms with van der Waals surface area (Å²) in [5, 5.41) is 10.2. The van der Waals surface area contributed by atoms with E-state index in [0.29, 0.717) is 5.75 Å². The normalized spacial score (nSPS) is 10.2. The number of carboxylic acid groups (broad SMARTS) is 1. The Morgan fingerprint density at radius 3 is 2.56 bits per heavy atom. The molecule has 1 aromatic carbocycles. The lowest BCUT2D eigenvalue weighted by molar-refractivity contribution is -0.137. The highest BCUT2D eigenvalue weighted by Crippen LogP contribution is 2.15. The summed E-state index contributed by atoms with van der Waals surface area (Å²) in [5.74, 6) is -0.304. The third kappa shape index (κ3) is 2.98. The highest BCUT2D eigenvalue weighted by atomic mass is 32.1. The zero-order valence-electron chi connectivity index (χ0n) is 9.41. The maximum Gasteiger partial charge on any atom is 0.306 e. The Balaban J connectivity index is 2.04. The molecule has 1 N–H and O–H groups in total. The van der Waals surface area contributed by atoms with Crippen LogP contribution in [0.5, 0.6) is 5.75 Å². The molecule has 0 aliphatic rings. The fourth-order valence-electron chi connectivity index (χ4n) is 1.39. The summed E-state index contributed by atoms with van der Waals surface area (Å²) in [5.41, 5.74) is 0.695. The van der Waals surface area contributed by atoms with Gasteiger partial charge in [0.1, 0.15) is 5.75 Å². The molecule has 0 spiro atoms. The fraction of sp³-hybridized carbons (Fsp3) is 0.167. The van der Waals surface area contributed by atoms with E-state index >= 15 is 0 Å². The first-order valence-electron chi connectivity index (χ1n) is 5.29. The molecular formula is C12H11NO4S. The topological polar surface area (TPSA) is 68.5 Å². The van der Waals surface area contributed by atoms with Crippen molar-refractivity contribution in [3.05, 3.63) is 46.1 Å². The van der Waals surface area contributed by atoms with Crippen LogP contribution in [0, 0.1) is 0 Å². The Morgan fingerprint density at radius 1 is 1.28 bits per heavy atom. The standard InChI is InChI=1S/C12H11NO4S/c14-11-6-8-18-13(11)9-1-3-10(4-2-9)17-7-5-12(15)16/h1-4,6,8H,5,7H2,(H,15,16). The summed E-state index contributed by atoms with van der Waals surface area (Å²) in [6.07, 6.45) is -0.0356. The van der Waals surface area contributed by atoms with Crippen LogP contribution in [0.4, 0.5) is 0 Å². The number of aromatic nitrogens is 1. The molecule has 18 heavy (non-hydrogen) atoms. The summed E-state index contributed by atoms with van der Waals surface area (Å²) in [6, 6.07) is 8.44. The number of aliphatic carboxylic acids is 1. The minimum absolute atomic E-state index is 0.0356. The number of rotatable bonds is 5. The summed E-state index contributed by atoms with van der Waals surface area (Å²) in [4.78, 5) is 21.7. The van der Waals surface area contributed by atoms with Crippen molar-refractivity contribution in [2.75, 3.05) is 6.61 Å². The van der Waals surface area contributed by atoms with E-state index in [2.05, 4.69) is 0 Å². The van der Waals surface area contributed by atoms with Crippen LogP contribution in [0.25, 0.3) is 5.69 Å². The maximum atomic E-state index is 11.4. The molecule has 0 fully saturated rings. The van der Waals surface area contributed by atoms with Gasteiger partial charge < -0.3 is 9.84 Å². The summed E-state index contributed by atoms with van der Waals surface area (Å²) in [7, 11) is 0. The van der Waals surface area contributed by atoms with Crippen molar-refractivity contribution >= 4 is 17.5 Å². The first-order valence-corrected chi connectivity index (χ1v) is 6.12. The van der Waals surface area contributed by atoms with Crippen molar-refractivity contribution in [3.63, 3.8) is 0 Å². The number of benzene rings is 1. The Bertz CT molecular complexity index is 585. The predicted octanol–water partition coefficient (Wildman–Crippen LogP) is 1.75. The van der Waals surface area contributed by atoms with Crippen LogP contribution in [0.15, 0.2) is 40.5 Å². The van der Waals surface area contributed by atoms with E-state index in [1.807, 2.05) is 0 Å². The van der Waals surface area contributed by atoms with E-state index < -0.39 is 5.97 Å². The molecule has 0 aliphatic carbocycles. The third-order valence-corrected chi connectivity index (χ3v) is 3.09. The van der Waals surface area contributed by atoms with Gasteiger partial charge in [0, 0.05) is 11.4 Å². The van der Waals surface area contributed by atoms with E-state index in [1.54, 1.807) is 33.6 Å². The van der Waals surface area contributed by atoms with Gasteiger partial charge in [0.2, 0.25) is 0 Å². The van der Waals surface area contributed by atoms with Crippen LogP contribution in [0.3, 0.4) is 0 Å². The van der Waals surface area contributed by atoms with Gasteiger partial charge in [0.15, 0.2) is 0 Å². The van der Waals surface area contributed by atoms with E-state index in [9.17, 15) is 9.59 Å². The van der Waals surface area contributed by atoms with Gasteiger partial charge in [-0.1, -0.05) is 11.5 Å². The van der Waals surface area contributed by atoms with Gasteiger partial charge in [-0.2, -0.15) is 0 Å². The number of hydrogen-bond donors (Lipinski definition) is 1. The van der Waals surface area contributed by atoms with Gasteiger partial charge in [-0.25, -0.2) is 3.96 Å². The van der Waals surface area contributed by atoms with Crippen LogP contribution in [0.2, 0.25) is 0 Å². The van der Waals surface area contributed by atoms with Crippen molar-refractivity contribution in [3.8, 4) is 11.4 Å². The summed E-state index contributed by atoms with van der Waals surface area (Å²) < 4.78 is 6.81. The highest BCUT2D eigenvalue weighted by Gasteiger charge is 2.02. The van der Waals surface area contributed by atoms with Crippen LogP contribution in [-0.2, 0) is 4.79 Å². The SMILES string of the molecule is O=C(O)CCOc1ccc(-n2sccc2=O)cc1. The number of carbonyl (C=O) groups is 1. The second kappa shape index (κ2) is 5.50.